The van der Waals surface area contributed by atoms with Crippen LogP contribution in [0.1, 0.15) is 13.3 Å². The summed E-state index contributed by atoms with van der Waals surface area (Å²) in [5.41, 5.74) is 0.708. The summed E-state index contributed by atoms with van der Waals surface area (Å²) in [7, 11) is 3.97. The Bertz CT molecular complexity index is 492. The van der Waals surface area contributed by atoms with Gasteiger partial charge in [0.05, 0.1) is 12.2 Å². The van der Waals surface area contributed by atoms with E-state index in [0.717, 1.165) is 17.4 Å². The highest BCUT2D eigenvalue weighted by molar-refractivity contribution is 9.10. The molecule has 116 valence electrons. The Kier molecular flexibility index (Phi) is 7.39. The largest absolute Gasteiger partial charge is 0.334 e. The number of para-hydroxylation sites is 1. The van der Waals surface area contributed by atoms with Gasteiger partial charge >= 0.3 is 0 Å². The molecule has 1 N–H and O–H groups in total. The van der Waals surface area contributed by atoms with Crippen LogP contribution in [0.15, 0.2) is 28.7 Å². The number of nitrogens with zero attached hydrogens (tertiary/aromatic N) is 2. The van der Waals surface area contributed by atoms with Gasteiger partial charge in [0.15, 0.2) is 0 Å². The fraction of sp³-hybridized carbons (Fsp3) is 0.467. The number of amides is 2. The third-order valence-electron chi connectivity index (χ3n) is 2.96. The summed E-state index contributed by atoms with van der Waals surface area (Å²) in [6.07, 6.45) is 0.842. The van der Waals surface area contributed by atoms with Gasteiger partial charge in [-0.25, -0.2) is 0 Å². The van der Waals surface area contributed by atoms with Crippen molar-refractivity contribution in [2.24, 2.45) is 0 Å². The summed E-state index contributed by atoms with van der Waals surface area (Å²) in [6, 6.07) is 7.39. The number of halogens is 1. The van der Waals surface area contributed by atoms with E-state index in [2.05, 4.69) is 26.1 Å². The Morgan fingerprint density at radius 2 is 1.86 bits per heavy atom. The van der Waals surface area contributed by atoms with Crippen molar-refractivity contribution in [3.05, 3.63) is 28.7 Å². The van der Waals surface area contributed by atoms with Crippen LogP contribution in [-0.2, 0) is 9.59 Å². The quantitative estimate of drug-likeness (QED) is 0.815. The normalized spacial score (nSPS) is 10.5. The van der Waals surface area contributed by atoms with E-state index in [4.69, 9.17) is 0 Å². The predicted octanol–water partition coefficient (Wildman–Crippen LogP) is 2.19. The Morgan fingerprint density at radius 1 is 1.19 bits per heavy atom. The van der Waals surface area contributed by atoms with Crippen LogP contribution in [0.25, 0.3) is 0 Å². The van der Waals surface area contributed by atoms with Crippen LogP contribution >= 0.6 is 15.9 Å². The minimum atomic E-state index is -0.193. The van der Waals surface area contributed by atoms with E-state index >= 15 is 0 Å². The average Bonchev–Trinajstić information content (AvgIpc) is 2.39. The second kappa shape index (κ2) is 8.79. The van der Waals surface area contributed by atoms with Crippen molar-refractivity contribution in [2.75, 3.05) is 39.0 Å². The van der Waals surface area contributed by atoms with Gasteiger partial charge in [0.1, 0.15) is 0 Å². The van der Waals surface area contributed by atoms with Crippen molar-refractivity contribution >= 4 is 33.4 Å². The molecular formula is C15H22BrN3O2. The van der Waals surface area contributed by atoms with E-state index in [1.807, 2.05) is 38.4 Å². The van der Waals surface area contributed by atoms with Gasteiger partial charge in [-0.2, -0.15) is 0 Å². The van der Waals surface area contributed by atoms with Gasteiger partial charge in [0.2, 0.25) is 11.8 Å². The Hall–Kier alpha value is -1.40. The summed E-state index contributed by atoms with van der Waals surface area (Å²) in [5.74, 6) is -0.280. The van der Waals surface area contributed by atoms with E-state index in [1.165, 1.54) is 6.92 Å². The van der Waals surface area contributed by atoms with Crippen molar-refractivity contribution in [3.8, 4) is 0 Å². The van der Waals surface area contributed by atoms with E-state index < -0.39 is 0 Å². The fourth-order valence-electron chi connectivity index (χ4n) is 1.85. The van der Waals surface area contributed by atoms with Crippen LogP contribution in [0.5, 0.6) is 0 Å². The first-order valence-electron chi connectivity index (χ1n) is 6.84. The molecule has 0 aliphatic rings. The van der Waals surface area contributed by atoms with Gasteiger partial charge in [-0.1, -0.05) is 12.1 Å². The lowest BCUT2D eigenvalue weighted by atomic mass is 10.3. The zero-order valence-electron chi connectivity index (χ0n) is 12.7. The molecule has 1 rings (SSSR count). The van der Waals surface area contributed by atoms with Crippen molar-refractivity contribution in [3.63, 3.8) is 0 Å². The number of carbonyl (C=O) groups is 2. The van der Waals surface area contributed by atoms with Gasteiger partial charge < -0.3 is 15.1 Å². The minimum absolute atomic E-state index is 0.0735. The van der Waals surface area contributed by atoms with Gasteiger partial charge in [-0.15, -0.1) is 0 Å². The maximum Gasteiger partial charge on any atom is 0.244 e. The number of rotatable bonds is 7. The molecule has 0 radical (unpaired) electrons. The summed E-state index contributed by atoms with van der Waals surface area (Å²) in [6.45, 7) is 3.03. The van der Waals surface area contributed by atoms with E-state index in [9.17, 15) is 9.59 Å². The van der Waals surface area contributed by atoms with Gasteiger partial charge in [0, 0.05) is 17.9 Å². The third kappa shape index (κ3) is 6.73. The van der Waals surface area contributed by atoms with Crippen molar-refractivity contribution in [1.82, 2.24) is 9.80 Å². The molecule has 0 heterocycles. The van der Waals surface area contributed by atoms with Crippen LogP contribution < -0.4 is 5.32 Å². The Morgan fingerprint density at radius 3 is 2.43 bits per heavy atom. The summed E-state index contributed by atoms with van der Waals surface area (Å²) < 4.78 is 0.820. The highest BCUT2D eigenvalue weighted by atomic mass is 79.9. The van der Waals surface area contributed by atoms with Crippen LogP contribution in [0.2, 0.25) is 0 Å². The molecule has 0 aromatic heterocycles. The second-order valence-electron chi connectivity index (χ2n) is 5.13. The lowest BCUT2D eigenvalue weighted by Crippen LogP contribution is -2.38. The molecule has 0 aliphatic carbocycles. The molecule has 0 bridgehead atoms. The maximum absolute atomic E-state index is 12.0. The van der Waals surface area contributed by atoms with Crippen LogP contribution in [0.3, 0.4) is 0 Å². The van der Waals surface area contributed by atoms with Crippen molar-refractivity contribution < 1.29 is 9.59 Å². The highest BCUT2D eigenvalue weighted by Gasteiger charge is 2.14. The molecular weight excluding hydrogens is 334 g/mol. The topological polar surface area (TPSA) is 52.7 Å². The van der Waals surface area contributed by atoms with E-state index in [0.29, 0.717) is 12.2 Å². The first kappa shape index (κ1) is 17.7. The minimum Gasteiger partial charge on any atom is -0.334 e. The Labute approximate surface area is 134 Å². The molecule has 0 saturated heterocycles. The SMILES string of the molecule is CC(=O)N(CCCN(C)C)CC(=O)Nc1ccccc1Br. The molecule has 0 aliphatic heterocycles. The smallest absolute Gasteiger partial charge is 0.244 e. The van der Waals surface area contributed by atoms with Gasteiger partial charge in [-0.3, -0.25) is 9.59 Å². The molecule has 2 amide bonds. The molecule has 6 heteroatoms. The molecule has 21 heavy (non-hydrogen) atoms. The fourth-order valence-corrected chi connectivity index (χ4v) is 2.24. The van der Waals surface area contributed by atoms with Crippen molar-refractivity contribution in [1.29, 1.82) is 0 Å². The molecule has 0 fully saturated rings. The summed E-state index contributed by atoms with van der Waals surface area (Å²) in [4.78, 5) is 27.3. The zero-order chi connectivity index (χ0) is 15.8. The molecule has 1 aromatic rings. The first-order valence-corrected chi connectivity index (χ1v) is 7.64. The number of hydrogen-bond acceptors (Lipinski definition) is 3. The molecule has 5 nitrogen and oxygen atoms in total. The monoisotopic (exact) mass is 355 g/mol. The number of nitrogens with one attached hydrogen (secondary N) is 1. The third-order valence-corrected chi connectivity index (χ3v) is 3.65. The standard InChI is InChI=1S/C15H22BrN3O2/c1-12(20)19(10-6-9-18(2)3)11-15(21)17-14-8-5-4-7-13(14)16/h4-5,7-8H,6,9-11H2,1-3H3,(H,17,21). The predicted molar refractivity (Wildman–Crippen MR) is 88.2 cm³/mol. The average molecular weight is 356 g/mol. The van der Waals surface area contributed by atoms with Gasteiger partial charge in [-0.05, 0) is 55.1 Å². The second-order valence-corrected chi connectivity index (χ2v) is 5.98. The molecule has 0 saturated carbocycles. The van der Waals surface area contributed by atoms with Crippen LogP contribution in [-0.4, -0.2) is 55.3 Å². The highest BCUT2D eigenvalue weighted by Crippen LogP contribution is 2.20. The number of hydrogen-bond donors (Lipinski definition) is 1. The number of carbonyl (C=O) groups excluding carboxylic acids is 2. The lowest BCUT2D eigenvalue weighted by Gasteiger charge is -2.21. The first-order chi connectivity index (χ1) is 9.90. The van der Waals surface area contributed by atoms with Crippen molar-refractivity contribution in [2.45, 2.75) is 13.3 Å². The van der Waals surface area contributed by atoms with Crippen LogP contribution in [0.4, 0.5) is 5.69 Å². The number of benzene rings is 1. The van der Waals surface area contributed by atoms with Gasteiger partial charge in [0.25, 0.3) is 0 Å². The number of anilines is 1. The molecule has 0 spiro atoms. The Balaban J connectivity index is 2.53. The molecule has 1 aromatic carbocycles. The summed E-state index contributed by atoms with van der Waals surface area (Å²) >= 11 is 3.38. The van der Waals surface area contributed by atoms with Crippen LogP contribution in [0, 0.1) is 0 Å². The molecule has 0 atom stereocenters. The van der Waals surface area contributed by atoms with E-state index in [-0.39, 0.29) is 18.4 Å². The lowest BCUT2D eigenvalue weighted by molar-refractivity contribution is -0.132. The van der Waals surface area contributed by atoms with E-state index in [1.54, 1.807) is 4.90 Å². The maximum atomic E-state index is 12.0. The zero-order valence-corrected chi connectivity index (χ0v) is 14.3. The summed E-state index contributed by atoms with van der Waals surface area (Å²) in [5, 5.41) is 2.80. The molecule has 0 unspecified atom stereocenters.